The molecule has 1 saturated heterocycles. The maximum atomic E-state index is 13.0. The van der Waals surface area contributed by atoms with Crippen molar-refractivity contribution in [2.45, 2.75) is 13.5 Å². The molecular formula is C23H27N3O2. The van der Waals surface area contributed by atoms with Crippen LogP contribution in [0.5, 0.6) is 5.75 Å². The summed E-state index contributed by atoms with van der Waals surface area (Å²) in [5, 5.41) is 1.11. The van der Waals surface area contributed by atoms with Gasteiger partial charge in [0.25, 0.3) is 5.91 Å². The Morgan fingerprint density at radius 2 is 1.71 bits per heavy atom. The SMILES string of the molecule is CCOc1ccc(CN2CCN(C(=O)c3cc4ccccc4n3C)CC2)cc1. The van der Waals surface area contributed by atoms with Crippen LogP contribution in [0.2, 0.25) is 0 Å². The van der Waals surface area contributed by atoms with Crippen LogP contribution in [-0.4, -0.2) is 53.1 Å². The summed E-state index contributed by atoms with van der Waals surface area (Å²) in [6.45, 7) is 6.89. The van der Waals surface area contributed by atoms with Crippen molar-refractivity contribution in [1.82, 2.24) is 14.4 Å². The highest BCUT2D eigenvalue weighted by Crippen LogP contribution is 2.21. The molecule has 1 aliphatic heterocycles. The summed E-state index contributed by atoms with van der Waals surface area (Å²) in [7, 11) is 1.97. The second-order valence-electron chi connectivity index (χ2n) is 7.29. The van der Waals surface area contributed by atoms with Gasteiger partial charge in [0, 0.05) is 50.7 Å². The van der Waals surface area contributed by atoms with E-state index in [0.29, 0.717) is 6.61 Å². The molecule has 0 N–H and O–H groups in total. The lowest BCUT2D eigenvalue weighted by molar-refractivity contribution is 0.0619. The number of amides is 1. The van der Waals surface area contributed by atoms with E-state index in [4.69, 9.17) is 4.74 Å². The van der Waals surface area contributed by atoms with E-state index in [1.54, 1.807) is 0 Å². The summed E-state index contributed by atoms with van der Waals surface area (Å²) < 4.78 is 7.51. The van der Waals surface area contributed by atoms with Crippen molar-refractivity contribution in [3.63, 3.8) is 0 Å². The lowest BCUT2D eigenvalue weighted by atomic mass is 10.2. The van der Waals surface area contributed by atoms with Gasteiger partial charge >= 0.3 is 0 Å². The van der Waals surface area contributed by atoms with Gasteiger partial charge in [0.05, 0.1) is 6.61 Å². The number of carbonyl (C=O) groups is 1. The van der Waals surface area contributed by atoms with Crippen LogP contribution in [-0.2, 0) is 13.6 Å². The van der Waals surface area contributed by atoms with E-state index in [-0.39, 0.29) is 5.91 Å². The van der Waals surface area contributed by atoms with Crippen molar-refractivity contribution in [3.05, 3.63) is 65.9 Å². The number of fused-ring (bicyclic) bond motifs is 1. The Morgan fingerprint density at radius 3 is 2.39 bits per heavy atom. The lowest BCUT2D eigenvalue weighted by Crippen LogP contribution is -2.48. The molecule has 3 aromatic rings. The van der Waals surface area contributed by atoms with Gasteiger partial charge in [-0.2, -0.15) is 0 Å². The van der Waals surface area contributed by atoms with Crippen LogP contribution in [0, 0.1) is 0 Å². The Morgan fingerprint density at radius 1 is 1.00 bits per heavy atom. The second kappa shape index (κ2) is 8.07. The predicted octanol–water partition coefficient (Wildman–Crippen LogP) is 3.54. The third kappa shape index (κ3) is 3.76. The summed E-state index contributed by atoms with van der Waals surface area (Å²) in [6, 6.07) is 18.4. The highest BCUT2D eigenvalue weighted by molar-refractivity contribution is 5.98. The van der Waals surface area contributed by atoms with E-state index < -0.39 is 0 Å². The van der Waals surface area contributed by atoms with Crippen LogP contribution in [0.4, 0.5) is 0 Å². The normalized spacial score (nSPS) is 15.1. The van der Waals surface area contributed by atoms with E-state index in [1.807, 2.05) is 53.8 Å². The molecule has 2 aromatic carbocycles. The van der Waals surface area contributed by atoms with Gasteiger partial charge in [0.1, 0.15) is 11.4 Å². The molecule has 0 atom stereocenters. The minimum absolute atomic E-state index is 0.124. The van der Waals surface area contributed by atoms with Crippen molar-refractivity contribution in [3.8, 4) is 5.75 Å². The van der Waals surface area contributed by atoms with Gasteiger partial charge in [-0.3, -0.25) is 9.69 Å². The Bertz CT molecular complexity index is 954. The average molecular weight is 377 g/mol. The van der Waals surface area contributed by atoms with Gasteiger partial charge in [-0.25, -0.2) is 0 Å². The van der Waals surface area contributed by atoms with Crippen LogP contribution in [0.1, 0.15) is 23.0 Å². The summed E-state index contributed by atoms with van der Waals surface area (Å²) in [4.78, 5) is 17.4. The smallest absolute Gasteiger partial charge is 0.270 e. The van der Waals surface area contributed by atoms with Crippen LogP contribution >= 0.6 is 0 Å². The zero-order chi connectivity index (χ0) is 19.5. The fourth-order valence-electron chi connectivity index (χ4n) is 3.88. The lowest BCUT2D eigenvalue weighted by Gasteiger charge is -2.34. The number of para-hydroxylation sites is 1. The molecular weight excluding hydrogens is 350 g/mol. The average Bonchev–Trinajstić information content (AvgIpc) is 3.07. The maximum absolute atomic E-state index is 13.0. The molecule has 2 heterocycles. The van der Waals surface area contributed by atoms with Gasteiger partial charge in [-0.05, 0) is 36.8 Å². The molecule has 0 radical (unpaired) electrons. The van der Waals surface area contributed by atoms with Crippen LogP contribution in [0.3, 0.4) is 0 Å². The Balaban J connectivity index is 1.36. The summed E-state index contributed by atoms with van der Waals surface area (Å²) in [5.41, 5.74) is 3.14. The van der Waals surface area contributed by atoms with E-state index in [1.165, 1.54) is 5.56 Å². The fourth-order valence-corrected chi connectivity index (χ4v) is 3.88. The van der Waals surface area contributed by atoms with Gasteiger partial charge in [-0.15, -0.1) is 0 Å². The molecule has 0 aliphatic carbocycles. The number of aryl methyl sites for hydroxylation is 1. The zero-order valence-electron chi connectivity index (χ0n) is 16.6. The first-order chi connectivity index (χ1) is 13.7. The first-order valence-corrected chi connectivity index (χ1v) is 9.93. The maximum Gasteiger partial charge on any atom is 0.270 e. The summed E-state index contributed by atoms with van der Waals surface area (Å²) in [6.07, 6.45) is 0. The first kappa shape index (κ1) is 18.6. The van der Waals surface area contributed by atoms with E-state index in [2.05, 4.69) is 29.2 Å². The first-order valence-electron chi connectivity index (χ1n) is 9.93. The molecule has 0 spiro atoms. The molecule has 4 rings (SSSR count). The molecule has 1 aliphatic rings. The molecule has 0 saturated carbocycles. The van der Waals surface area contributed by atoms with Crippen molar-refractivity contribution < 1.29 is 9.53 Å². The molecule has 5 heteroatoms. The number of hydrogen-bond acceptors (Lipinski definition) is 3. The number of rotatable bonds is 5. The van der Waals surface area contributed by atoms with E-state index in [9.17, 15) is 4.79 Å². The summed E-state index contributed by atoms with van der Waals surface area (Å²) >= 11 is 0. The van der Waals surface area contributed by atoms with Crippen molar-refractivity contribution in [2.24, 2.45) is 7.05 Å². The number of aromatic nitrogens is 1. The van der Waals surface area contributed by atoms with Gasteiger partial charge in [0.15, 0.2) is 0 Å². The van der Waals surface area contributed by atoms with Crippen molar-refractivity contribution in [1.29, 1.82) is 0 Å². The number of carbonyl (C=O) groups excluding carboxylic acids is 1. The number of benzene rings is 2. The predicted molar refractivity (Wildman–Crippen MR) is 112 cm³/mol. The largest absolute Gasteiger partial charge is 0.494 e. The Kier molecular flexibility index (Phi) is 5.35. The monoisotopic (exact) mass is 377 g/mol. The standard InChI is InChI=1S/C23H27N3O2/c1-3-28-20-10-8-18(9-11-20)17-25-12-14-26(15-13-25)23(27)22-16-19-6-4-5-7-21(19)24(22)2/h4-11,16H,3,12-15,17H2,1-2H3. The molecule has 1 fully saturated rings. The fraction of sp³-hybridized carbons (Fsp3) is 0.348. The minimum Gasteiger partial charge on any atom is -0.494 e. The minimum atomic E-state index is 0.124. The molecule has 5 nitrogen and oxygen atoms in total. The Labute approximate surface area is 166 Å². The topological polar surface area (TPSA) is 37.7 Å². The number of nitrogens with zero attached hydrogens (tertiary/aromatic N) is 3. The van der Waals surface area contributed by atoms with Crippen molar-refractivity contribution in [2.75, 3.05) is 32.8 Å². The zero-order valence-corrected chi connectivity index (χ0v) is 16.6. The van der Waals surface area contributed by atoms with Gasteiger partial charge < -0.3 is 14.2 Å². The third-order valence-corrected chi connectivity index (χ3v) is 5.47. The molecule has 28 heavy (non-hydrogen) atoms. The number of piperazine rings is 1. The highest BCUT2D eigenvalue weighted by Gasteiger charge is 2.24. The van der Waals surface area contributed by atoms with Gasteiger partial charge in [-0.1, -0.05) is 30.3 Å². The molecule has 1 amide bonds. The quantitative estimate of drug-likeness (QED) is 0.683. The van der Waals surface area contributed by atoms with E-state index >= 15 is 0 Å². The number of hydrogen-bond donors (Lipinski definition) is 0. The van der Waals surface area contributed by atoms with Crippen LogP contribution in [0.25, 0.3) is 10.9 Å². The van der Waals surface area contributed by atoms with E-state index in [0.717, 1.165) is 55.1 Å². The van der Waals surface area contributed by atoms with Crippen molar-refractivity contribution >= 4 is 16.8 Å². The summed E-state index contributed by atoms with van der Waals surface area (Å²) in [5.74, 6) is 1.04. The third-order valence-electron chi connectivity index (χ3n) is 5.47. The van der Waals surface area contributed by atoms with Crippen LogP contribution in [0.15, 0.2) is 54.6 Å². The molecule has 146 valence electrons. The Hall–Kier alpha value is -2.79. The second-order valence-corrected chi connectivity index (χ2v) is 7.29. The highest BCUT2D eigenvalue weighted by atomic mass is 16.5. The van der Waals surface area contributed by atoms with Crippen LogP contribution < -0.4 is 4.74 Å². The molecule has 1 aromatic heterocycles. The molecule has 0 bridgehead atoms. The number of ether oxygens (including phenoxy) is 1. The van der Waals surface area contributed by atoms with Gasteiger partial charge in [0.2, 0.25) is 0 Å². The molecule has 0 unspecified atom stereocenters.